The maximum absolute atomic E-state index is 12.7. The fraction of sp³-hybridized carbons (Fsp3) is 0.173. The molecule has 8 aromatic rings. The van der Waals surface area contributed by atoms with E-state index in [1.807, 2.05) is 146 Å². The highest BCUT2D eigenvalue weighted by atomic mass is 16.6. The van der Waals surface area contributed by atoms with E-state index >= 15 is 0 Å². The maximum Gasteiger partial charge on any atom is 0.303 e. The first kappa shape index (κ1) is 40.9. The second kappa shape index (κ2) is 17.9. The average molecular weight is 836 g/mol. The first-order valence-corrected chi connectivity index (χ1v) is 20.9. The summed E-state index contributed by atoms with van der Waals surface area (Å²) in [5.41, 5.74) is 4.24. The van der Waals surface area contributed by atoms with Crippen LogP contribution in [0.3, 0.4) is 0 Å². The number of nitrogens with one attached hydrogen (secondary N) is 1. The van der Waals surface area contributed by atoms with E-state index in [2.05, 4.69) is 41.7 Å². The standard InChI is InChI=1S/C52H45N5O6/c58-45(59)31-42-43(32-46(60)61)50(63-44(42)33-62-52(39-25-13-4-14-26-39,40-27-15-5-16-28-40)41-29-17-6-18-30-41)57-35-55-47-48(53-34-54-49(47)57)56-51(36-19-7-1-8-20-36,37-21-9-2-10-22-37)38-23-11-3-12-24-38/h1-30,34-35,42-44,50H,31-33H2,(H,58,59)(H,60,61)(H,53,54,56)/t42-,43-,44+,50-/m1/s1. The minimum atomic E-state index is -1.13. The molecular weight excluding hydrogens is 791 g/mol. The van der Waals surface area contributed by atoms with Crippen LogP contribution in [0.1, 0.15) is 52.5 Å². The van der Waals surface area contributed by atoms with Crippen LogP contribution in [0.5, 0.6) is 0 Å². The average Bonchev–Trinajstić information content (AvgIpc) is 3.91. The number of carboxylic acids is 2. The van der Waals surface area contributed by atoms with Crippen molar-refractivity contribution in [1.82, 2.24) is 19.5 Å². The number of hydrogen-bond donors (Lipinski definition) is 3. The van der Waals surface area contributed by atoms with Gasteiger partial charge in [0, 0.05) is 11.8 Å². The molecule has 1 saturated heterocycles. The Labute approximate surface area is 364 Å². The number of ether oxygens (including phenoxy) is 2. The number of nitrogens with zero attached hydrogens (tertiary/aromatic N) is 4. The van der Waals surface area contributed by atoms with Gasteiger partial charge in [0.2, 0.25) is 0 Å². The van der Waals surface area contributed by atoms with Gasteiger partial charge in [0.25, 0.3) is 0 Å². The Kier molecular flexibility index (Phi) is 11.6. The van der Waals surface area contributed by atoms with Crippen LogP contribution in [0.2, 0.25) is 0 Å². The Morgan fingerprint density at radius 1 is 0.571 bits per heavy atom. The molecule has 4 atom stereocenters. The summed E-state index contributed by atoms with van der Waals surface area (Å²) >= 11 is 0. The monoisotopic (exact) mass is 835 g/mol. The van der Waals surface area contributed by atoms with Crippen molar-refractivity contribution in [2.45, 2.75) is 36.3 Å². The molecular formula is C52H45N5O6. The number of benzene rings is 6. The number of aromatic nitrogens is 4. The molecule has 11 nitrogen and oxygen atoms in total. The van der Waals surface area contributed by atoms with Gasteiger partial charge in [0.05, 0.1) is 31.9 Å². The van der Waals surface area contributed by atoms with Crippen LogP contribution in [0, 0.1) is 11.8 Å². The molecule has 0 bridgehead atoms. The third-order valence-corrected chi connectivity index (χ3v) is 12.1. The molecule has 9 rings (SSSR count). The van der Waals surface area contributed by atoms with Crippen molar-refractivity contribution in [2.24, 2.45) is 11.8 Å². The van der Waals surface area contributed by atoms with Gasteiger partial charge in [-0.1, -0.05) is 182 Å². The van der Waals surface area contributed by atoms with E-state index in [0.717, 1.165) is 33.4 Å². The highest BCUT2D eigenvalue weighted by Gasteiger charge is 2.49. The molecule has 0 radical (unpaired) electrons. The first-order valence-electron chi connectivity index (χ1n) is 20.9. The number of carbonyl (C=O) groups is 2. The van der Waals surface area contributed by atoms with Gasteiger partial charge >= 0.3 is 11.9 Å². The normalized spacial score (nSPS) is 17.7. The zero-order chi connectivity index (χ0) is 43.2. The van der Waals surface area contributed by atoms with Crippen LogP contribution >= 0.6 is 0 Å². The van der Waals surface area contributed by atoms with E-state index in [1.165, 1.54) is 6.33 Å². The number of aliphatic carboxylic acids is 2. The van der Waals surface area contributed by atoms with Crippen LogP contribution in [-0.2, 0) is 30.2 Å². The van der Waals surface area contributed by atoms with Crippen molar-refractivity contribution in [3.63, 3.8) is 0 Å². The predicted octanol–water partition coefficient (Wildman–Crippen LogP) is 9.32. The molecule has 314 valence electrons. The van der Waals surface area contributed by atoms with Crippen molar-refractivity contribution in [3.05, 3.63) is 228 Å². The molecule has 0 unspecified atom stereocenters. The van der Waals surface area contributed by atoms with Gasteiger partial charge in [0.15, 0.2) is 17.0 Å². The molecule has 3 heterocycles. The summed E-state index contributed by atoms with van der Waals surface area (Å²) in [5, 5.41) is 24.5. The lowest BCUT2D eigenvalue weighted by Gasteiger charge is -2.37. The van der Waals surface area contributed by atoms with E-state index in [-0.39, 0.29) is 19.4 Å². The summed E-state index contributed by atoms with van der Waals surface area (Å²) in [7, 11) is 0. The molecule has 0 amide bonds. The minimum Gasteiger partial charge on any atom is -0.481 e. The maximum atomic E-state index is 12.7. The Hall–Kier alpha value is -7.47. The van der Waals surface area contributed by atoms with Gasteiger partial charge in [-0.05, 0) is 33.4 Å². The summed E-state index contributed by atoms with van der Waals surface area (Å²) in [6.07, 6.45) is 0.495. The molecule has 11 heteroatoms. The Morgan fingerprint density at radius 2 is 0.984 bits per heavy atom. The van der Waals surface area contributed by atoms with Crippen LogP contribution in [0.25, 0.3) is 11.2 Å². The Balaban J connectivity index is 1.13. The van der Waals surface area contributed by atoms with E-state index in [0.29, 0.717) is 17.0 Å². The zero-order valence-electron chi connectivity index (χ0n) is 34.2. The molecule has 6 aromatic carbocycles. The van der Waals surface area contributed by atoms with Crippen LogP contribution in [0.4, 0.5) is 5.82 Å². The van der Waals surface area contributed by atoms with Crippen molar-refractivity contribution >= 4 is 28.9 Å². The van der Waals surface area contributed by atoms with E-state index < -0.39 is 47.2 Å². The summed E-state index contributed by atoms with van der Waals surface area (Å²) in [6, 6.07) is 59.9. The predicted molar refractivity (Wildman–Crippen MR) is 239 cm³/mol. The first-order chi connectivity index (χ1) is 30.9. The summed E-state index contributed by atoms with van der Waals surface area (Å²) in [5.74, 6) is -3.29. The lowest BCUT2D eigenvalue weighted by atomic mass is 9.77. The highest BCUT2D eigenvalue weighted by Crippen LogP contribution is 2.48. The van der Waals surface area contributed by atoms with E-state index in [4.69, 9.17) is 24.4 Å². The van der Waals surface area contributed by atoms with Crippen LogP contribution in [-0.4, -0.2) is 54.4 Å². The summed E-state index contributed by atoms with van der Waals surface area (Å²) < 4.78 is 15.8. The summed E-state index contributed by atoms with van der Waals surface area (Å²) in [4.78, 5) is 39.6. The van der Waals surface area contributed by atoms with Crippen LogP contribution < -0.4 is 5.32 Å². The number of hydrogen-bond acceptors (Lipinski definition) is 8. The largest absolute Gasteiger partial charge is 0.481 e. The Bertz CT molecular complexity index is 2580. The van der Waals surface area contributed by atoms with E-state index in [1.54, 1.807) is 10.9 Å². The number of rotatable bonds is 16. The van der Waals surface area contributed by atoms with Gasteiger partial charge in [-0.15, -0.1) is 0 Å². The number of carboxylic acid groups (broad SMARTS) is 2. The Morgan fingerprint density at radius 3 is 1.41 bits per heavy atom. The SMILES string of the molecule is O=C(O)C[C@@H]1[C@@H](CC(=O)O)[C@H](n2cnc3c(NC(c4ccccc4)(c4ccccc4)c4ccccc4)ncnc32)O[C@H]1COC(c1ccccc1)(c1ccccc1)c1ccccc1. The number of anilines is 1. The number of fused-ring (bicyclic) bond motifs is 1. The fourth-order valence-corrected chi connectivity index (χ4v) is 9.31. The van der Waals surface area contributed by atoms with Gasteiger partial charge in [-0.2, -0.15) is 0 Å². The molecule has 0 saturated carbocycles. The van der Waals surface area contributed by atoms with Gasteiger partial charge < -0.3 is 25.0 Å². The van der Waals surface area contributed by atoms with Gasteiger partial charge in [-0.25, -0.2) is 15.0 Å². The van der Waals surface area contributed by atoms with Crippen LogP contribution in [0.15, 0.2) is 195 Å². The highest BCUT2D eigenvalue weighted by molar-refractivity contribution is 5.84. The second-order valence-electron chi connectivity index (χ2n) is 15.7. The fourth-order valence-electron chi connectivity index (χ4n) is 9.31. The quantitative estimate of drug-likeness (QED) is 0.0805. The third kappa shape index (κ3) is 7.84. The van der Waals surface area contributed by atoms with Gasteiger partial charge in [0.1, 0.15) is 23.7 Å². The molecule has 1 aliphatic heterocycles. The number of imidazole rings is 1. The minimum absolute atomic E-state index is 0.0641. The third-order valence-electron chi connectivity index (χ3n) is 12.1. The zero-order valence-corrected chi connectivity index (χ0v) is 34.2. The summed E-state index contributed by atoms with van der Waals surface area (Å²) in [6.45, 7) is -0.0641. The van der Waals surface area contributed by atoms with Crippen molar-refractivity contribution < 1.29 is 29.3 Å². The smallest absolute Gasteiger partial charge is 0.303 e. The molecule has 3 N–H and O–H groups in total. The topological polar surface area (TPSA) is 149 Å². The van der Waals surface area contributed by atoms with E-state index in [9.17, 15) is 19.8 Å². The lowest BCUT2D eigenvalue weighted by Crippen LogP contribution is -2.38. The molecule has 0 aliphatic carbocycles. The van der Waals surface area contributed by atoms with Crippen molar-refractivity contribution in [2.75, 3.05) is 11.9 Å². The molecule has 0 spiro atoms. The van der Waals surface area contributed by atoms with Gasteiger partial charge in [-0.3, -0.25) is 14.2 Å². The molecule has 1 fully saturated rings. The lowest BCUT2D eigenvalue weighted by molar-refractivity contribution is -0.142. The molecule has 63 heavy (non-hydrogen) atoms. The second-order valence-corrected chi connectivity index (χ2v) is 15.7. The van der Waals surface area contributed by atoms with Crippen molar-refractivity contribution in [3.8, 4) is 0 Å². The van der Waals surface area contributed by atoms with Crippen molar-refractivity contribution in [1.29, 1.82) is 0 Å². The molecule has 2 aromatic heterocycles. The molecule has 1 aliphatic rings.